The zero-order valence-corrected chi connectivity index (χ0v) is 14.4. The highest BCUT2D eigenvalue weighted by Crippen LogP contribution is 2.41. The number of nitrogens with two attached hydrogens (primary N) is 1. The Morgan fingerprint density at radius 3 is 2.19 bits per heavy atom. The highest BCUT2D eigenvalue weighted by atomic mass is 79.9. The fourth-order valence-corrected chi connectivity index (χ4v) is 3.78. The number of benzene rings is 1. The van der Waals surface area contributed by atoms with Crippen molar-refractivity contribution in [2.24, 2.45) is 5.84 Å². The van der Waals surface area contributed by atoms with Gasteiger partial charge in [0.1, 0.15) is 5.75 Å². The Hall–Kier alpha value is -1.28. The minimum Gasteiger partial charge on any atom is -0.496 e. The Morgan fingerprint density at radius 1 is 1.10 bits per heavy atom. The fourth-order valence-electron chi connectivity index (χ4n) is 2.10. The largest absolute Gasteiger partial charge is 0.496 e. The summed E-state index contributed by atoms with van der Waals surface area (Å²) in [6.45, 7) is 0. The molecule has 3 N–H and O–H groups in total. The van der Waals surface area contributed by atoms with Gasteiger partial charge in [0, 0.05) is 21.0 Å². The van der Waals surface area contributed by atoms with Crippen molar-refractivity contribution in [1.82, 2.24) is 5.43 Å². The Balaban J connectivity index is 2.57. The van der Waals surface area contributed by atoms with Crippen molar-refractivity contribution in [3.8, 4) is 17.2 Å². The van der Waals surface area contributed by atoms with Crippen LogP contribution in [0.4, 0.5) is 0 Å². The molecule has 1 aromatic carbocycles. The van der Waals surface area contributed by atoms with E-state index >= 15 is 0 Å². The van der Waals surface area contributed by atoms with Crippen LogP contribution in [0.15, 0.2) is 28.1 Å². The first-order chi connectivity index (χ1) is 10.2. The SMILES string of the molecule is COc1cc(OC)c(C(NN)c2sccc2Br)cc1OC. The van der Waals surface area contributed by atoms with Crippen LogP contribution in [0.1, 0.15) is 16.5 Å². The minimum absolute atomic E-state index is 0.214. The molecule has 0 spiro atoms. The van der Waals surface area contributed by atoms with E-state index in [1.165, 1.54) is 0 Å². The van der Waals surface area contributed by atoms with Crippen LogP contribution < -0.4 is 25.5 Å². The summed E-state index contributed by atoms with van der Waals surface area (Å²) in [7, 11) is 4.80. The molecule has 0 fully saturated rings. The molecule has 2 aromatic rings. The van der Waals surface area contributed by atoms with Gasteiger partial charge in [0.05, 0.1) is 27.4 Å². The number of ether oxygens (including phenoxy) is 3. The molecule has 0 aliphatic carbocycles. The van der Waals surface area contributed by atoms with E-state index in [1.807, 2.05) is 17.5 Å². The van der Waals surface area contributed by atoms with E-state index in [9.17, 15) is 0 Å². The molecule has 1 unspecified atom stereocenters. The van der Waals surface area contributed by atoms with Crippen LogP contribution in [0, 0.1) is 0 Å². The maximum atomic E-state index is 5.76. The van der Waals surface area contributed by atoms with Gasteiger partial charge in [0.2, 0.25) is 0 Å². The minimum atomic E-state index is -0.214. The van der Waals surface area contributed by atoms with Gasteiger partial charge in [-0.25, -0.2) is 5.43 Å². The molecule has 0 radical (unpaired) electrons. The number of thiophene rings is 1. The molecule has 0 aliphatic rings. The van der Waals surface area contributed by atoms with Gasteiger partial charge in [0.15, 0.2) is 11.5 Å². The highest BCUT2D eigenvalue weighted by Gasteiger charge is 2.23. The summed E-state index contributed by atoms with van der Waals surface area (Å²) in [5.41, 5.74) is 3.70. The van der Waals surface area contributed by atoms with E-state index < -0.39 is 0 Å². The van der Waals surface area contributed by atoms with Crippen LogP contribution in [-0.4, -0.2) is 21.3 Å². The Morgan fingerprint density at radius 2 is 1.71 bits per heavy atom. The van der Waals surface area contributed by atoms with Crippen LogP contribution in [0.5, 0.6) is 17.2 Å². The fraction of sp³-hybridized carbons (Fsp3) is 0.286. The van der Waals surface area contributed by atoms with Crippen LogP contribution in [0.3, 0.4) is 0 Å². The van der Waals surface area contributed by atoms with Gasteiger partial charge in [-0.1, -0.05) is 0 Å². The molecular formula is C14H17BrN2O3S. The van der Waals surface area contributed by atoms with E-state index in [4.69, 9.17) is 20.1 Å². The summed E-state index contributed by atoms with van der Waals surface area (Å²) in [4.78, 5) is 1.06. The number of hydrogen-bond acceptors (Lipinski definition) is 6. The van der Waals surface area contributed by atoms with E-state index in [0.717, 1.165) is 14.9 Å². The third kappa shape index (κ3) is 3.16. The number of halogens is 1. The number of rotatable bonds is 6. The molecule has 1 heterocycles. The first-order valence-electron chi connectivity index (χ1n) is 6.15. The lowest BCUT2D eigenvalue weighted by Crippen LogP contribution is -2.28. The summed E-state index contributed by atoms with van der Waals surface area (Å²) < 4.78 is 17.1. The van der Waals surface area contributed by atoms with Crippen molar-refractivity contribution in [3.05, 3.63) is 38.5 Å². The van der Waals surface area contributed by atoms with Crippen LogP contribution in [0.25, 0.3) is 0 Å². The molecule has 7 heteroatoms. The highest BCUT2D eigenvalue weighted by molar-refractivity contribution is 9.10. The molecular weight excluding hydrogens is 356 g/mol. The quantitative estimate of drug-likeness (QED) is 0.602. The van der Waals surface area contributed by atoms with E-state index in [1.54, 1.807) is 38.7 Å². The van der Waals surface area contributed by atoms with Crippen molar-refractivity contribution < 1.29 is 14.2 Å². The zero-order valence-electron chi connectivity index (χ0n) is 12.0. The average molecular weight is 373 g/mol. The molecule has 0 aliphatic heterocycles. The summed E-state index contributed by atoms with van der Waals surface area (Å²) in [5, 5.41) is 2.00. The van der Waals surface area contributed by atoms with E-state index in [0.29, 0.717) is 17.2 Å². The molecule has 21 heavy (non-hydrogen) atoms. The molecule has 0 saturated carbocycles. The number of methoxy groups -OCH3 is 3. The lowest BCUT2D eigenvalue weighted by molar-refractivity contribution is 0.346. The summed E-state index contributed by atoms with van der Waals surface area (Å²) in [6, 6.07) is 5.43. The summed E-state index contributed by atoms with van der Waals surface area (Å²) >= 11 is 5.14. The first kappa shape index (κ1) is 16.1. The number of nitrogens with one attached hydrogen (secondary N) is 1. The predicted molar refractivity (Wildman–Crippen MR) is 87.3 cm³/mol. The third-order valence-corrected chi connectivity index (χ3v) is 5.06. The second kappa shape index (κ2) is 7.13. The monoisotopic (exact) mass is 372 g/mol. The summed E-state index contributed by atoms with van der Waals surface area (Å²) in [5.74, 6) is 7.67. The second-order valence-corrected chi connectivity index (χ2v) is 5.98. The number of hydrazine groups is 1. The zero-order chi connectivity index (χ0) is 15.4. The topological polar surface area (TPSA) is 65.7 Å². The third-order valence-electron chi connectivity index (χ3n) is 3.12. The Kier molecular flexibility index (Phi) is 5.46. The molecule has 1 aromatic heterocycles. The van der Waals surface area contributed by atoms with Gasteiger partial charge in [-0.2, -0.15) is 0 Å². The molecule has 114 valence electrons. The smallest absolute Gasteiger partial charge is 0.164 e. The molecule has 0 amide bonds. The lowest BCUT2D eigenvalue weighted by Gasteiger charge is -2.20. The maximum Gasteiger partial charge on any atom is 0.164 e. The van der Waals surface area contributed by atoms with Gasteiger partial charge < -0.3 is 14.2 Å². The van der Waals surface area contributed by atoms with Crippen LogP contribution in [0.2, 0.25) is 0 Å². The van der Waals surface area contributed by atoms with Gasteiger partial charge in [-0.15, -0.1) is 11.3 Å². The van der Waals surface area contributed by atoms with Crippen molar-refractivity contribution in [1.29, 1.82) is 0 Å². The first-order valence-corrected chi connectivity index (χ1v) is 7.82. The standard InChI is InChI=1S/C14H17BrN2O3S/c1-18-10-7-12(20-3)11(19-2)6-8(10)13(17-16)14-9(15)4-5-21-14/h4-7,13,17H,16H2,1-3H3. The van der Waals surface area contributed by atoms with E-state index in [2.05, 4.69) is 21.4 Å². The van der Waals surface area contributed by atoms with Gasteiger partial charge >= 0.3 is 0 Å². The van der Waals surface area contributed by atoms with Crippen molar-refractivity contribution in [3.63, 3.8) is 0 Å². The molecule has 0 bridgehead atoms. The van der Waals surface area contributed by atoms with Crippen LogP contribution >= 0.6 is 27.3 Å². The van der Waals surface area contributed by atoms with E-state index in [-0.39, 0.29) is 6.04 Å². The van der Waals surface area contributed by atoms with Crippen molar-refractivity contribution in [2.75, 3.05) is 21.3 Å². The molecule has 0 saturated heterocycles. The average Bonchev–Trinajstić information content (AvgIpc) is 2.93. The molecule has 2 rings (SSSR count). The maximum absolute atomic E-state index is 5.76. The Bertz CT molecular complexity index is 618. The summed E-state index contributed by atoms with van der Waals surface area (Å²) in [6.07, 6.45) is 0. The van der Waals surface area contributed by atoms with Gasteiger partial charge in [-0.05, 0) is 33.4 Å². The molecule has 1 atom stereocenters. The predicted octanol–water partition coefficient (Wildman–Crippen LogP) is 3.09. The lowest BCUT2D eigenvalue weighted by atomic mass is 10.0. The van der Waals surface area contributed by atoms with Crippen LogP contribution in [-0.2, 0) is 0 Å². The van der Waals surface area contributed by atoms with Gasteiger partial charge in [-0.3, -0.25) is 5.84 Å². The Labute approximate surface area is 136 Å². The van der Waals surface area contributed by atoms with Crippen molar-refractivity contribution >= 4 is 27.3 Å². The second-order valence-electron chi connectivity index (χ2n) is 4.18. The number of hydrogen-bond donors (Lipinski definition) is 2. The van der Waals surface area contributed by atoms with Gasteiger partial charge in [0.25, 0.3) is 0 Å². The molecule has 5 nitrogen and oxygen atoms in total. The normalized spacial score (nSPS) is 12.0. The van der Waals surface area contributed by atoms with Crippen molar-refractivity contribution in [2.45, 2.75) is 6.04 Å².